The van der Waals surface area contributed by atoms with E-state index in [1.807, 2.05) is 26.0 Å². The van der Waals surface area contributed by atoms with Crippen LogP contribution in [0, 0.1) is 19.8 Å². The van der Waals surface area contributed by atoms with Gasteiger partial charge in [-0.15, -0.1) is 0 Å². The van der Waals surface area contributed by atoms with Crippen LogP contribution in [0.3, 0.4) is 0 Å². The van der Waals surface area contributed by atoms with Gasteiger partial charge in [0, 0.05) is 6.04 Å². The van der Waals surface area contributed by atoms with Crippen LogP contribution in [-0.2, 0) is 9.84 Å². The van der Waals surface area contributed by atoms with Gasteiger partial charge in [-0.2, -0.15) is 0 Å². The second kappa shape index (κ2) is 6.49. The van der Waals surface area contributed by atoms with E-state index in [1.165, 1.54) is 0 Å². The molecule has 0 aromatic heterocycles. The fourth-order valence-electron chi connectivity index (χ4n) is 3.25. The first kappa shape index (κ1) is 16.5. The number of hydrogen-bond donors (Lipinski definition) is 1. The highest BCUT2D eigenvalue weighted by molar-refractivity contribution is 7.92. The molecule has 1 aliphatic rings. The van der Waals surface area contributed by atoms with Crippen LogP contribution in [0.1, 0.15) is 44.2 Å². The molecular formula is C17H27NO2S. The molecule has 0 radical (unpaired) electrons. The molecule has 1 aromatic carbocycles. The second-order valence-corrected chi connectivity index (χ2v) is 8.49. The van der Waals surface area contributed by atoms with Crippen LogP contribution in [0.2, 0.25) is 0 Å². The van der Waals surface area contributed by atoms with E-state index < -0.39 is 9.84 Å². The van der Waals surface area contributed by atoms with Crippen molar-refractivity contribution < 1.29 is 8.42 Å². The van der Waals surface area contributed by atoms with Crippen LogP contribution in [0.25, 0.3) is 0 Å². The van der Waals surface area contributed by atoms with E-state index in [0.29, 0.717) is 10.9 Å². The van der Waals surface area contributed by atoms with E-state index in [-0.39, 0.29) is 11.2 Å². The highest BCUT2D eigenvalue weighted by atomic mass is 32.2. The molecule has 0 saturated heterocycles. The van der Waals surface area contributed by atoms with E-state index in [2.05, 4.69) is 19.2 Å². The average Bonchev–Trinajstić information content (AvgIpc) is 2.81. The maximum atomic E-state index is 12.9. The monoisotopic (exact) mass is 309 g/mol. The molecule has 0 amide bonds. The minimum absolute atomic E-state index is 0.170. The molecule has 2 rings (SSSR count). The zero-order valence-corrected chi connectivity index (χ0v) is 14.3. The number of benzene rings is 1. The van der Waals surface area contributed by atoms with Gasteiger partial charge in [0.2, 0.25) is 0 Å². The summed E-state index contributed by atoms with van der Waals surface area (Å²) in [6, 6.07) is 5.83. The van der Waals surface area contributed by atoms with Crippen LogP contribution < -0.4 is 5.32 Å². The van der Waals surface area contributed by atoms with Gasteiger partial charge in [-0.1, -0.05) is 19.9 Å². The number of aryl methyl sites for hydroxylation is 2. The number of sulfone groups is 1. The molecule has 1 saturated carbocycles. The first-order chi connectivity index (χ1) is 9.87. The third kappa shape index (κ3) is 3.32. The van der Waals surface area contributed by atoms with Gasteiger partial charge in [0.25, 0.3) is 0 Å². The summed E-state index contributed by atoms with van der Waals surface area (Å²) in [4.78, 5) is 0.485. The minimum Gasteiger partial charge on any atom is -0.314 e. The molecule has 3 unspecified atom stereocenters. The molecular weight excluding hydrogens is 282 g/mol. The fourth-order valence-corrected chi connectivity index (χ4v) is 5.40. The van der Waals surface area contributed by atoms with Gasteiger partial charge in [-0.25, -0.2) is 8.42 Å². The van der Waals surface area contributed by atoms with Gasteiger partial charge < -0.3 is 5.32 Å². The molecule has 1 aliphatic carbocycles. The third-order valence-corrected chi connectivity index (χ3v) is 7.22. The number of hydrogen-bond acceptors (Lipinski definition) is 3. The molecule has 1 N–H and O–H groups in total. The molecule has 21 heavy (non-hydrogen) atoms. The summed E-state index contributed by atoms with van der Waals surface area (Å²) >= 11 is 0. The molecule has 1 aromatic rings. The zero-order valence-electron chi connectivity index (χ0n) is 13.5. The van der Waals surface area contributed by atoms with E-state index in [4.69, 9.17) is 0 Å². The van der Waals surface area contributed by atoms with Gasteiger partial charge in [0.05, 0.1) is 10.1 Å². The molecule has 4 heteroatoms. The molecule has 118 valence electrons. The van der Waals surface area contributed by atoms with E-state index in [1.54, 1.807) is 6.07 Å². The van der Waals surface area contributed by atoms with Gasteiger partial charge in [0.1, 0.15) is 0 Å². The zero-order chi connectivity index (χ0) is 15.6. The Balaban J connectivity index is 2.22. The molecule has 0 spiro atoms. The Labute approximate surface area is 129 Å². The van der Waals surface area contributed by atoms with Gasteiger partial charge >= 0.3 is 0 Å². The van der Waals surface area contributed by atoms with Crippen molar-refractivity contribution in [1.29, 1.82) is 0 Å². The predicted octanol–water partition coefficient (Wildman–Crippen LogP) is 3.24. The van der Waals surface area contributed by atoms with E-state index in [9.17, 15) is 8.42 Å². The lowest BCUT2D eigenvalue weighted by atomic mass is 10.1. The average molecular weight is 309 g/mol. The Kier molecular flexibility index (Phi) is 5.10. The lowest BCUT2D eigenvalue weighted by molar-refractivity contribution is 0.425. The van der Waals surface area contributed by atoms with Crippen LogP contribution in [0.5, 0.6) is 0 Å². The van der Waals surface area contributed by atoms with Crippen molar-refractivity contribution in [3.05, 3.63) is 29.3 Å². The van der Waals surface area contributed by atoms with Gasteiger partial charge in [0.15, 0.2) is 9.84 Å². The van der Waals surface area contributed by atoms with Crippen molar-refractivity contribution >= 4 is 9.84 Å². The number of nitrogens with one attached hydrogen (secondary N) is 1. The largest absolute Gasteiger partial charge is 0.314 e. The topological polar surface area (TPSA) is 46.2 Å². The smallest absolute Gasteiger partial charge is 0.181 e. The Morgan fingerprint density at radius 2 is 1.90 bits per heavy atom. The van der Waals surface area contributed by atoms with Crippen LogP contribution in [0.15, 0.2) is 23.1 Å². The van der Waals surface area contributed by atoms with Crippen molar-refractivity contribution in [2.75, 3.05) is 6.54 Å². The normalized spacial score (nSPS) is 26.2. The summed E-state index contributed by atoms with van der Waals surface area (Å²) in [5.74, 6) is 0.170. The molecule has 1 fully saturated rings. The SMILES string of the molecule is CCCNC1CCC(S(=O)(=O)c2ccc(C)c(C)c2)C1C. The minimum atomic E-state index is -3.23. The molecule has 3 nitrogen and oxygen atoms in total. The Morgan fingerprint density at radius 3 is 2.52 bits per heavy atom. The highest BCUT2D eigenvalue weighted by Crippen LogP contribution is 2.35. The lowest BCUT2D eigenvalue weighted by Crippen LogP contribution is -2.36. The Bertz CT molecular complexity index is 595. The van der Waals surface area contributed by atoms with Gasteiger partial charge in [-0.05, 0) is 68.8 Å². The van der Waals surface area contributed by atoms with E-state index >= 15 is 0 Å². The van der Waals surface area contributed by atoms with Crippen LogP contribution in [-0.4, -0.2) is 26.3 Å². The summed E-state index contributed by atoms with van der Waals surface area (Å²) < 4.78 is 25.8. The Hall–Kier alpha value is -0.870. The maximum absolute atomic E-state index is 12.9. The van der Waals surface area contributed by atoms with Crippen molar-refractivity contribution in [2.45, 2.75) is 63.1 Å². The van der Waals surface area contributed by atoms with Crippen molar-refractivity contribution in [2.24, 2.45) is 5.92 Å². The third-order valence-electron chi connectivity index (χ3n) is 4.85. The van der Waals surface area contributed by atoms with Crippen molar-refractivity contribution in [1.82, 2.24) is 5.32 Å². The number of rotatable bonds is 5. The van der Waals surface area contributed by atoms with Gasteiger partial charge in [-0.3, -0.25) is 0 Å². The lowest BCUT2D eigenvalue weighted by Gasteiger charge is -2.22. The van der Waals surface area contributed by atoms with E-state index in [0.717, 1.165) is 36.9 Å². The van der Waals surface area contributed by atoms with Crippen molar-refractivity contribution in [3.8, 4) is 0 Å². The first-order valence-electron chi connectivity index (χ1n) is 7.92. The maximum Gasteiger partial charge on any atom is 0.181 e. The first-order valence-corrected chi connectivity index (χ1v) is 9.47. The summed E-state index contributed by atoms with van der Waals surface area (Å²) in [5, 5.41) is 3.24. The summed E-state index contributed by atoms with van der Waals surface area (Å²) in [7, 11) is -3.23. The predicted molar refractivity (Wildman–Crippen MR) is 87.4 cm³/mol. The second-order valence-electron chi connectivity index (χ2n) is 6.33. The van der Waals surface area contributed by atoms with Crippen molar-refractivity contribution in [3.63, 3.8) is 0 Å². The molecule has 3 atom stereocenters. The highest BCUT2D eigenvalue weighted by Gasteiger charge is 2.41. The quantitative estimate of drug-likeness (QED) is 0.908. The molecule has 0 bridgehead atoms. The summed E-state index contributed by atoms with van der Waals surface area (Å²) in [6.07, 6.45) is 2.80. The van der Waals surface area contributed by atoms with Crippen LogP contribution >= 0.6 is 0 Å². The summed E-state index contributed by atoms with van der Waals surface area (Å²) in [6.45, 7) is 9.15. The summed E-state index contributed by atoms with van der Waals surface area (Å²) in [5.41, 5.74) is 2.18. The standard InChI is InChI=1S/C17H27NO2S/c1-5-10-18-16-8-9-17(14(16)4)21(19,20)15-7-6-12(2)13(3)11-15/h6-7,11,14,16-18H,5,8-10H2,1-4H3. The molecule has 0 aliphatic heterocycles. The van der Waals surface area contributed by atoms with Crippen LogP contribution in [0.4, 0.5) is 0 Å². The Morgan fingerprint density at radius 1 is 1.19 bits per heavy atom. The fraction of sp³-hybridized carbons (Fsp3) is 0.647. The molecule has 0 heterocycles.